The first-order chi connectivity index (χ1) is 13.0. The lowest BCUT2D eigenvalue weighted by Crippen LogP contribution is -2.45. The first-order valence-electron chi connectivity index (χ1n) is 9.37. The number of carbonyl (C=O) groups excluding carboxylic acids is 2. The van der Waals surface area contributed by atoms with E-state index in [0.717, 1.165) is 25.9 Å². The molecule has 0 saturated carbocycles. The molecule has 9 heteroatoms. The van der Waals surface area contributed by atoms with E-state index in [9.17, 15) is 9.59 Å². The predicted octanol–water partition coefficient (Wildman–Crippen LogP) is 1.88. The molecule has 2 rings (SSSR count). The first-order valence-corrected chi connectivity index (χ1v) is 9.37. The minimum Gasteiger partial charge on any atom is -0.462 e. The molecule has 0 radical (unpaired) electrons. The Morgan fingerprint density at radius 3 is 2.25 bits per heavy atom. The normalized spacial score (nSPS) is 15.8. The van der Waals surface area contributed by atoms with Crippen LogP contribution in [0.5, 0.6) is 0 Å². The standard InChI is InChI=1S/C12H18N6O.C5H10O2.C2H6/c1-17-6-3-12(2-5-13,4-7-17)18-8-9(14)10(16-18)11(15)19;1-5(2,3)7-4-6;1-2/h8H,2-4,6-7,14H2,1H3,(H2,15,19);4H,1-3H3;1-2H3. The summed E-state index contributed by atoms with van der Waals surface area (Å²) in [7, 11) is 2.04. The maximum Gasteiger partial charge on any atom is 0.293 e. The SMILES string of the molecule is CC.CC(C)(C)OC=O.CN1CCC(CC#N)(n2cc(N)c(C(N)=O)n2)CC1. The van der Waals surface area contributed by atoms with Crippen molar-refractivity contribution in [1.29, 1.82) is 5.26 Å². The van der Waals surface area contributed by atoms with Crippen molar-refractivity contribution in [3.63, 3.8) is 0 Å². The van der Waals surface area contributed by atoms with Gasteiger partial charge >= 0.3 is 0 Å². The highest BCUT2D eigenvalue weighted by Gasteiger charge is 2.37. The Morgan fingerprint density at radius 2 is 1.93 bits per heavy atom. The highest BCUT2D eigenvalue weighted by atomic mass is 16.5. The largest absolute Gasteiger partial charge is 0.462 e. The van der Waals surface area contributed by atoms with Gasteiger partial charge in [-0.3, -0.25) is 14.3 Å². The van der Waals surface area contributed by atoms with Crippen molar-refractivity contribution in [3.05, 3.63) is 11.9 Å². The molecule has 1 aliphatic rings. The lowest BCUT2D eigenvalue weighted by Gasteiger charge is -2.39. The summed E-state index contributed by atoms with van der Waals surface area (Å²) in [5.74, 6) is -0.642. The Morgan fingerprint density at radius 1 is 1.39 bits per heavy atom. The number of aromatic nitrogens is 2. The van der Waals surface area contributed by atoms with Crippen LogP contribution in [0.15, 0.2) is 6.20 Å². The number of piperidine rings is 1. The van der Waals surface area contributed by atoms with Crippen LogP contribution in [0.2, 0.25) is 0 Å². The van der Waals surface area contributed by atoms with Crippen molar-refractivity contribution in [3.8, 4) is 6.07 Å². The number of carbonyl (C=O) groups is 2. The molecule has 1 saturated heterocycles. The molecule has 1 aromatic heterocycles. The summed E-state index contributed by atoms with van der Waals surface area (Å²) < 4.78 is 6.21. The predicted molar refractivity (Wildman–Crippen MR) is 108 cm³/mol. The summed E-state index contributed by atoms with van der Waals surface area (Å²) in [6.07, 6.45) is 3.57. The number of primary amides is 1. The second-order valence-electron chi connectivity index (χ2n) is 7.43. The number of nitriles is 1. The van der Waals surface area contributed by atoms with Gasteiger partial charge in [0.05, 0.1) is 23.7 Å². The van der Waals surface area contributed by atoms with Gasteiger partial charge in [-0.25, -0.2) is 0 Å². The zero-order chi connectivity index (χ0) is 22.0. The number of rotatable bonds is 4. The fourth-order valence-corrected chi connectivity index (χ4v) is 2.63. The second kappa shape index (κ2) is 11.3. The average Bonchev–Trinajstić information content (AvgIpc) is 3.01. The number of nitrogen functional groups attached to an aromatic ring is 1. The quantitative estimate of drug-likeness (QED) is 0.743. The van der Waals surface area contributed by atoms with Gasteiger partial charge in [0.15, 0.2) is 5.69 Å². The summed E-state index contributed by atoms with van der Waals surface area (Å²) in [5.41, 5.74) is 10.6. The summed E-state index contributed by atoms with van der Waals surface area (Å²) in [5, 5.41) is 13.3. The number of likely N-dealkylation sites (tertiary alicyclic amines) is 1. The van der Waals surface area contributed by atoms with Crippen LogP contribution in [0.3, 0.4) is 0 Å². The summed E-state index contributed by atoms with van der Waals surface area (Å²) >= 11 is 0. The highest BCUT2D eigenvalue weighted by Crippen LogP contribution is 2.33. The fourth-order valence-electron chi connectivity index (χ4n) is 2.63. The molecule has 1 fully saturated rings. The maximum atomic E-state index is 11.2. The molecule has 9 nitrogen and oxygen atoms in total. The van der Waals surface area contributed by atoms with Crippen LogP contribution in [-0.2, 0) is 15.1 Å². The minimum atomic E-state index is -0.642. The van der Waals surface area contributed by atoms with Crippen molar-refractivity contribution >= 4 is 18.1 Å². The molecule has 1 amide bonds. The molecule has 0 atom stereocenters. The Balaban J connectivity index is 0.000000688. The van der Waals surface area contributed by atoms with E-state index in [1.807, 2.05) is 41.7 Å². The minimum absolute atomic E-state index is 0.0799. The number of anilines is 1. The van der Waals surface area contributed by atoms with E-state index in [1.165, 1.54) is 0 Å². The Hall–Kier alpha value is -2.60. The Bertz CT molecular complexity index is 664. The molecule has 0 aromatic carbocycles. The molecule has 28 heavy (non-hydrogen) atoms. The van der Waals surface area contributed by atoms with Gasteiger partial charge in [0, 0.05) is 19.3 Å². The number of nitrogens with two attached hydrogens (primary N) is 2. The van der Waals surface area contributed by atoms with Crippen LogP contribution in [0.25, 0.3) is 0 Å². The zero-order valence-electron chi connectivity index (χ0n) is 17.9. The molecule has 4 N–H and O–H groups in total. The Kier molecular flexibility index (Phi) is 10.2. The second-order valence-corrected chi connectivity index (χ2v) is 7.43. The molecular weight excluding hydrogens is 360 g/mol. The number of ether oxygens (including phenoxy) is 1. The number of amides is 1. The maximum absolute atomic E-state index is 11.2. The van der Waals surface area contributed by atoms with Crippen LogP contribution >= 0.6 is 0 Å². The molecule has 2 heterocycles. The van der Waals surface area contributed by atoms with Gasteiger partial charge in [-0.2, -0.15) is 10.4 Å². The molecule has 158 valence electrons. The smallest absolute Gasteiger partial charge is 0.293 e. The average molecular weight is 395 g/mol. The van der Waals surface area contributed by atoms with Crippen molar-refractivity contribution in [2.45, 2.75) is 65.0 Å². The van der Waals surface area contributed by atoms with Gasteiger partial charge in [-0.15, -0.1) is 0 Å². The van der Waals surface area contributed by atoms with Gasteiger partial charge in [0.25, 0.3) is 12.4 Å². The lowest BCUT2D eigenvalue weighted by atomic mass is 9.85. The molecule has 0 spiro atoms. The van der Waals surface area contributed by atoms with Gasteiger partial charge < -0.3 is 21.1 Å². The van der Waals surface area contributed by atoms with Gasteiger partial charge in [0.2, 0.25) is 0 Å². The van der Waals surface area contributed by atoms with E-state index in [1.54, 1.807) is 10.9 Å². The van der Waals surface area contributed by atoms with Crippen LogP contribution in [0.1, 0.15) is 64.4 Å². The van der Waals surface area contributed by atoms with E-state index in [4.69, 9.17) is 16.7 Å². The van der Waals surface area contributed by atoms with Crippen molar-refractivity contribution < 1.29 is 14.3 Å². The third-order valence-electron chi connectivity index (χ3n) is 4.19. The fraction of sp³-hybridized carbons (Fsp3) is 0.684. The summed E-state index contributed by atoms with van der Waals surface area (Å²) in [6.45, 7) is 11.7. The van der Waals surface area contributed by atoms with E-state index in [0.29, 0.717) is 12.9 Å². The van der Waals surface area contributed by atoms with Crippen LogP contribution in [-0.4, -0.2) is 52.8 Å². The van der Waals surface area contributed by atoms with Crippen LogP contribution in [0.4, 0.5) is 5.69 Å². The van der Waals surface area contributed by atoms with E-state index < -0.39 is 5.91 Å². The van der Waals surface area contributed by atoms with Crippen molar-refractivity contribution in [2.24, 2.45) is 5.73 Å². The summed E-state index contributed by atoms with van der Waals surface area (Å²) in [6, 6.07) is 2.21. The van der Waals surface area contributed by atoms with Gasteiger partial charge in [-0.05, 0) is 40.7 Å². The monoisotopic (exact) mass is 394 g/mol. The van der Waals surface area contributed by atoms with Gasteiger partial charge in [0.1, 0.15) is 5.60 Å². The van der Waals surface area contributed by atoms with Crippen molar-refractivity contribution in [2.75, 3.05) is 25.9 Å². The molecular formula is C19H34N6O3. The van der Waals surface area contributed by atoms with E-state index in [2.05, 4.69) is 20.8 Å². The lowest BCUT2D eigenvalue weighted by molar-refractivity contribution is -0.138. The topological polar surface area (TPSA) is 140 Å². The third-order valence-corrected chi connectivity index (χ3v) is 4.19. The highest BCUT2D eigenvalue weighted by molar-refractivity contribution is 5.95. The number of hydrogen-bond acceptors (Lipinski definition) is 7. The first kappa shape index (κ1) is 25.4. The molecule has 0 bridgehead atoms. The van der Waals surface area contributed by atoms with E-state index in [-0.39, 0.29) is 22.5 Å². The molecule has 0 unspecified atom stereocenters. The third kappa shape index (κ3) is 7.56. The Labute approximate surface area is 167 Å². The van der Waals surface area contributed by atoms with E-state index >= 15 is 0 Å². The molecule has 1 aromatic rings. The molecule has 1 aliphatic heterocycles. The zero-order valence-corrected chi connectivity index (χ0v) is 17.9. The van der Waals surface area contributed by atoms with Crippen molar-refractivity contribution in [1.82, 2.24) is 14.7 Å². The number of hydrogen-bond donors (Lipinski definition) is 2. The number of nitrogens with zero attached hydrogens (tertiary/aromatic N) is 4. The van der Waals surface area contributed by atoms with Crippen LogP contribution in [0, 0.1) is 11.3 Å². The molecule has 0 aliphatic carbocycles. The van der Waals surface area contributed by atoms with Gasteiger partial charge in [-0.1, -0.05) is 13.8 Å². The van der Waals surface area contributed by atoms with Crippen LogP contribution < -0.4 is 11.5 Å². The summed E-state index contributed by atoms with van der Waals surface area (Å²) in [4.78, 5) is 23.0.